The minimum absolute atomic E-state index is 0.0223. The van der Waals surface area contributed by atoms with Crippen LogP contribution in [-0.4, -0.2) is 29.9 Å². The van der Waals surface area contributed by atoms with E-state index in [0.717, 1.165) is 17.7 Å². The molecule has 0 aliphatic carbocycles. The third kappa shape index (κ3) is 4.07. The molecule has 2 atom stereocenters. The van der Waals surface area contributed by atoms with E-state index in [1.54, 1.807) is 36.1 Å². The van der Waals surface area contributed by atoms with Crippen molar-refractivity contribution in [3.63, 3.8) is 0 Å². The Balaban J connectivity index is 1.48. The third-order valence-corrected chi connectivity index (χ3v) is 5.22. The summed E-state index contributed by atoms with van der Waals surface area (Å²) >= 11 is 0. The summed E-state index contributed by atoms with van der Waals surface area (Å²) in [6.45, 7) is 3.52. The van der Waals surface area contributed by atoms with E-state index in [1.807, 2.05) is 31.2 Å². The van der Waals surface area contributed by atoms with Crippen LogP contribution in [0.1, 0.15) is 40.3 Å². The van der Waals surface area contributed by atoms with Gasteiger partial charge in [-0.25, -0.2) is 4.79 Å². The Labute approximate surface area is 179 Å². The maximum Gasteiger partial charge on any atom is 0.341 e. The first-order valence-electron chi connectivity index (χ1n) is 10.0. The molecule has 0 saturated carbocycles. The van der Waals surface area contributed by atoms with Crippen molar-refractivity contribution in [2.24, 2.45) is 0 Å². The minimum Gasteiger partial charge on any atom is -0.459 e. The molecule has 3 aromatic rings. The number of nitrogens with zero attached hydrogens (tertiary/aromatic N) is 1. The molecule has 0 fully saturated rings. The van der Waals surface area contributed by atoms with Gasteiger partial charge in [-0.05, 0) is 56.2 Å². The van der Waals surface area contributed by atoms with E-state index in [4.69, 9.17) is 9.15 Å². The van der Waals surface area contributed by atoms with Crippen LogP contribution in [0.25, 0.3) is 0 Å². The summed E-state index contributed by atoms with van der Waals surface area (Å²) < 4.78 is 10.6. The van der Waals surface area contributed by atoms with Gasteiger partial charge in [-0.15, -0.1) is 0 Å². The van der Waals surface area contributed by atoms with E-state index >= 15 is 0 Å². The van der Waals surface area contributed by atoms with E-state index in [1.165, 1.54) is 18.4 Å². The van der Waals surface area contributed by atoms with Crippen molar-refractivity contribution >= 4 is 29.2 Å². The highest BCUT2D eigenvalue weighted by Gasteiger charge is 2.34. The van der Waals surface area contributed by atoms with Crippen molar-refractivity contribution in [1.29, 1.82) is 0 Å². The first-order chi connectivity index (χ1) is 15.0. The lowest BCUT2D eigenvalue weighted by Crippen LogP contribution is -2.43. The van der Waals surface area contributed by atoms with Crippen LogP contribution in [0.15, 0.2) is 71.3 Å². The summed E-state index contributed by atoms with van der Waals surface area (Å²) in [5.74, 6) is -1.36. The molecule has 1 aliphatic rings. The molecule has 2 heterocycles. The van der Waals surface area contributed by atoms with Crippen molar-refractivity contribution in [2.75, 3.05) is 10.2 Å². The molecule has 0 saturated heterocycles. The number of carbonyl (C=O) groups excluding carboxylic acids is 3. The molecule has 0 radical (unpaired) electrons. The zero-order valence-corrected chi connectivity index (χ0v) is 17.2. The quantitative estimate of drug-likeness (QED) is 0.632. The predicted octanol–water partition coefficient (Wildman–Crippen LogP) is 4.06. The molecule has 0 unspecified atom stereocenters. The number of carbonyl (C=O) groups is 3. The molecule has 2 amide bonds. The monoisotopic (exact) mass is 418 g/mol. The van der Waals surface area contributed by atoms with E-state index in [2.05, 4.69) is 5.32 Å². The number of benzene rings is 2. The number of nitrogens with one attached hydrogen (secondary N) is 1. The Morgan fingerprint density at radius 2 is 1.81 bits per heavy atom. The van der Waals surface area contributed by atoms with E-state index in [0.29, 0.717) is 0 Å². The van der Waals surface area contributed by atoms with Gasteiger partial charge in [-0.1, -0.05) is 30.3 Å². The normalized spacial score (nSPS) is 15.8. The Bertz CT molecular complexity index is 1120. The fourth-order valence-electron chi connectivity index (χ4n) is 3.73. The van der Waals surface area contributed by atoms with Crippen molar-refractivity contribution in [3.8, 4) is 0 Å². The van der Waals surface area contributed by atoms with Crippen LogP contribution in [0, 0.1) is 0 Å². The van der Waals surface area contributed by atoms with Crippen LogP contribution in [0.3, 0.4) is 0 Å². The number of fused-ring (bicyclic) bond motifs is 1. The van der Waals surface area contributed by atoms with Gasteiger partial charge in [0.15, 0.2) is 11.9 Å². The van der Waals surface area contributed by atoms with Crippen molar-refractivity contribution in [3.05, 3.63) is 83.8 Å². The lowest BCUT2D eigenvalue weighted by Gasteiger charge is -2.26. The first-order valence-corrected chi connectivity index (χ1v) is 10.0. The van der Waals surface area contributed by atoms with Crippen LogP contribution < -0.4 is 10.2 Å². The van der Waals surface area contributed by atoms with Crippen LogP contribution in [0.2, 0.25) is 0 Å². The molecule has 158 valence electrons. The second kappa shape index (κ2) is 8.47. The Hall–Kier alpha value is -3.87. The Morgan fingerprint density at radius 3 is 2.58 bits per heavy atom. The summed E-state index contributed by atoms with van der Waals surface area (Å²) in [4.78, 5) is 39.9. The number of hydrogen-bond acceptors (Lipinski definition) is 5. The standard InChI is InChI=1S/C24H22N2O5/c1-15-14-17-8-3-6-11-20(17)26(15)23(28)16(2)31-24(29)18-9-4-5-10-19(18)25-22(27)21-12-7-13-30-21/h3-13,15-16H,14H2,1-2H3,(H,25,27)/t15-,16+/m1/s1. The van der Waals surface area contributed by atoms with Gasteiger partial charge >= 0.3 is 5.97 Å². The summed E-state index contributed by atoms with van der Waals surface area (Å²) in [7, 11) is 0. The number of amides is 2. The third-order valence-electron chi connectivity index (χ3n) is 5.22. The van der Waals surface area contributed by atoms with Gasteiger partial charge in [0.25, 0.3) is 11.8 Å². The Morgan fingerprint density at radius 1 is 1.06 bits per heavy atom. The average molecular weight is 418 g/mol. The second-order valence-electron chi connectivity index (χ2n) is 7.41. The summed E-state index contributed by atoms with van der Waals surface area (Å²) in [5.41, 5.74) is 2.35. The molecule has 1 aromatic heterocycles. The van der Waals surface area contributed by atoms with Crippen LogP contribution >= 0.6 is 0 Å². The first kappa shape index (κ1) is 20.4. The summed E-state index contributed by atoms with van der Waals surface area (Å²) in [6.07, 6.45) is 1.15. The molecule has 4 rings (SSSR count). The van der Waals surface area contributed by atoms with Gasteiger partial charge in [-0.3, -0.25) is 9.59 Å². The molecular formula is C24H22N2O5. The number of ether oxygens (including phenoxy) is 1. The van der Waals surface area contributed by atoms with E-state index in [-0.39, 0.29) is 29.0 Å². The molecule has 1 aliphatic heterocycles. The zero-order chi connectivity index (χ0) is 22.0. The Kier molecular flexibility index (Phi) is 5.58. The molecule has 0 bridgehead atoms. The lowest BCUT2D eigenvalue weighted by molar-refractivity contribution is -0.126. The van der Waals surface area contributed by atoms with Gasteiger partial charge in [-0.2, -0.15) is 0 Å². The summed E-state index contributed by atoms with van der Waals surface area (Å²) in [6, 6.07) is 17.3. The van der Waals surface area contributed by atoms with Gasteiger partial charge in [0, 0.05) is 11.7 Å². The van der Waals surface area contributed by atoms with Crippen molar-refractivity contribution < 1.29 is 23.5 Å². The van der Waals surface area contributed by atoms with Gasteiger partial charge in [0.05, 0.1) is 17.5 Å². The second-order valence-corrected chi connectivity index (χ2v) is 7.41. The maximum atomic E-state index is 13.1. The molecular weight excluding hydrogens is 396 g/mol. The van der Waals surface area contributed by atoms with Gasteiger partial charge in [0.2, 0.25) is 0 Å². The highest BCUT2D eigenvalue weighted by atomic mass is 16.5. The molecule has 2 aromatic carbocycles. The van der Waals surface area contributed by atoms with E-state index in [9.17, 15) is 14.4 Å². The number of para-hydroxylation sites is 2. The maximum absolute atomic E-state index is 13.1. The average Bonchev–Trinajstić information content (AvgIpc) is 3.41. The van der Waals surface area contributed by atoms with Crippen LogP contribution in [-0.2, 0) is 16.0 Å². The smallest absolute Gasteiger partial charge is 0.341 e. The predicted molar refractivity (Wildman–Crippen MR) is 115 cm³/mol. The van der Waals surface area contributed by atoms with Crippen LogP contribution in [0.5, 0.6) is 0 Å². The van der Waals surface area contributed by atoms with Gasteiger partial charge in [0.1, 0.15) is 0 Å². The number of hydrogen-bond donors (Lipinski definition) is 1. The van der Waals surface area contributed by atoms with Crippen molar-refractivity contribution in [2.45, 2.75) is 32.4 Å². The molecule has 1 N–H and O–H groups in total. The SMILES string of the molecule is C[C@H](OC(=O)c1ccccc1NC(=O)c1ccco1)C(=O)N1c2ccccc2C[C@H]1C. The number of rotatable bonds is 5. The highest BCUT2D eigenvalue weighted by molar-refractivity contribution is 6.07. The van der Waals surface area contributed by atoms with Crippen LogP contribution in [0.4, 0.5) is 11.4 Å². The largest absolute Gasteiger partial charge is 0.459 e. The zero-order valence-electron chi connectivity index (χ0n) is 17.2. The summed E-state index contributed by atoms with van der Waals surface area (Å²) in [5, 5.41) is 2.64. The number of furan rings is 1. The fourth-order valence-corrected chi connectivity index (χ4v) is 3.73. The van der Waals surface area contributed by atoms with Gasteiger partial charge < -0.3 is 19.4 Å². The molecule has 7 nitrogen and oxygen atoms in total. The molecule has 31 heavy (non-hydrogen) atoms. The number of anilines is 2. The minimum atomic E-state index is -0.991. The lowest BCUT2D eigenvalue weighted by atomic mass is 10.1. The molecule has 7 heteroatoms. The van der Waals surface area contributed by atoms with Crippen molar-refractivity contribution in [1.82, 2.24) is 0 Å². The van der Waals surface area contributed by atoms with E-state index < -0.39 is 18.0 Å². The topological polar surface area (TPSA) is 88.8 Å². The molecule has 0 spiro atoms. The number of esters is 1. The fraction of sp³-hybridized carbons (Fsp3) is 0.208. The highest BCUT2D eigenvalue weighted by Crippen LogP contribution is 2.32.